The summed E-state index contributed by atoms with van der Waals surface area (Å²) in [6, 6.07) is 10.9. The van der Waals surface area contributed by atoms with Crippen molar-refractivity contribution in [2.75, 3.05) is 17.5 Å². The van der Waals surface area contributed by atoms with Crippen LogP contribution in [-0.4, -0.2) is 38.6 Å². The van der Waals surface area contributed by atoms with Crippen LogP contribution in [-0.2, 0) is 19.6 Å². The lowest BCUT2D eigenvalue weighted by molar-refractivity contribution is -0.384. The number of ether oxygens (including phenoxy) is 2. The molecule has 31 heavy (non-hydrogen) atoms. The Bertz CT molecular complexity index is 1010. The Labute approximate surface area is 180 Å². The second-order valence-electron chi connectivity index (χ2n) is 7.09. The minimum Gasteiger partial charge on any atom is -0.490 e. The zero-order valence-corrected chi connectivity index (χ0v) is 17.9. The van der Waals surface area contributed by atoms with E-state index in [1.165, 1.54) is 0 Å². The first-order valence-corrected chi connectivity index (χ1v) is 11.4. The summed E-state index contributed by atoms with van der Waals surface area (Å²) in [6.07, 6.45) is 4.40. The number of non-ortho nitro benzene ring substituents is 1. The molecule has 9 nitrogen and oxygen atoms in total. The number of benzene rings is 2. The van der Waals surface area contributed by atoms with Gasteiger partial charge in [-0.1, -0.05) is 0 Å². The third-order valence-electron chi connectivity index (χ3n) is 4.94. The Hall–Kier alpha value is -3.14. The van der Waals surface area contributed by atoms with Crippen molar-refractivity contribution < 1.29 is 27.6 Å². The van der Waals surface area contributed by atoms with Crippen molar-refractivity contribution in [3.05, 3.63) is 58.6 Å². The third-order valence-corrected chi connectivity index (χ3v) is 6.73. The quantitative estimate of drug-likeness (QED) is 0.326. The molecule has 0 bridgehead atoms. The van der Waals surface area contributed by atoms with E-state index in [2.05, 4.69) is 0 Å². The molecule has 0 aliphatic heterocycles. The Kier molecular flexibility index (Phi) is 7.11. The summed E-state index contributed by atoms with van der Waals surface area (Å²) in [6.45, 7) is 1.20. The largest absolute Gasteiger partial charge is 0.490 e. The van der Waals surface area contributed by atoms with Crippen LogP contribution in [0.2, 0.25) is 0 Å². The zero-order valence-electron chi connectivity index (χ0n) is 17.1. The second-order valence-corrected chi connectivity index (χ2v) is 8.95. The molecule has 3 rings (SSSR count). The molecule has 166 valence electrons. The summed E-state index contributed by atoms with van der Waals surface area (Å²) >= 11 is 0. The average Bonchev–Trinajstić information content (AvgIpc) is 3.26. The molecule has 2 aromatic rings. The molecule has 1 saturated carbocycles. The van der Waals surface area contributed by atoms with Crippen molar-refractivity contribution in [1.29, 1.82) is 0 Å². The van der Waals surface area contributed by atoms with Crippen LogP contribution in [0.15, 0.2) is 53.4 Å². The van der Waals surface area contributed by atoms with Crippen LogP contribution in [0.4, 0.5) is 11.4 Å². The highest BCUT2D eigenvalue weighted by molar-refractivity contribution is 7.92. The van der Waals surface area contributed by atoms with E-state index in [1.807, 2.05) is 0 Å². The first kappa shape index (κ1) is 22.5. The Morgan fingerprint density at radius 1 is 1.10 bits per heavy atom. The van der Waals surface area contributed by atoms with E-state index >= 15 is 0 Å². The molecule has 0 heterocycles. The molecule has 0 atom stereocenters. The number of carbonyl (C=O) groups excluding carboxylic acids is 1. The van der Waals surface area contributed by atoms with Crippen LogP contribution < -0.4 is 9.04 Å². The minimum absolute atomic E-state index is 0.110. The van der Waals surface area contributed by atoms with Gasteiger partial charge in [-0.3, -0.25) is 19.2 Å². The van der Waals surface area contributed by atoms with Crippen LogP contribution in [0.5, 0.6) is 5.75 Å². The van der Waals surface area contributed by atoms with Crippen LogP contribution in [0.3, 0.4) is 0 Å². The van der Waals surface area contributed by atoms with Gasteiger partial charge in [0.05, 0.1) is 28.2 Å². The third kappa shape index (κ3) is 5.52. The molecule has 0 aromatic heterocycles. The maximum Gasteiger partial charge on any atom is 0.326 e. The lowest BCUT2D eigenvalue weighted by atomic mass is 10.2. The van der Waals surface area contributed by atoms with Gasteiger partial charge in [0.2, 0.25) is 0 Å². The Morgan fingerprint density at radius 2 is 1.71 bits per heavy atom. The van der Waals surface area contributed by atoms with Gasteiger partial charge in [-0.2, -0.15) is 0 Å². The molecule has 0 spiro atoms. The van der Waals surface area contributed by atoms with Crippen molar-refractivity contribution in [1.82, 2.24) is 0 Å². The van der Waals surface area contributed by atoms with E-state index in [0.29, 0.717) is 5.75 Å². The summed E-state index contributed by atoms with van der Waals surface area (Å²) in [7, 11) is -4.18. The fourth-order valence-electron chi connectivity index (χ4n) is 3.40. The molecule has 0 N–H and O–H groups in total. The molecule has 0 radical (unpaired) electrons. The highest BCUT2D eigenvalue weighted by Crippen LogP contribution is 2.29. The maximum absolute atomic E-state index is 13.2. The Balaban J connectivity index is 1.89. The van der Waals surface area contributed by atoms with Gasteiger partial charge in [-0.25, -0.2) is 8.42 Å². The molecule has 0 unspecified atom stereocenters. The number of nitrogens with zero attached hydrogens (tertiary/aromatic N) is 2. The molecule has 1 aliphatic rings. The van der Waals surface area contributed by atoms with Crippen molar-refractivity contribution in [3.8, 4) is 5.75 Å². The first-order valence-electron chi connectivity index (χ1n) is 10.0. The molecular formula is C21H24N2O7S. The monoisotopic (exact) mass is 448 g/mol. The fraction of sp³-hybridized carbons (Fsp3) is 0.381. The predicted molar refractivity (Wildman–Crippen MR) is 114 cm³/mol. The standard InChI is InChI=1S/C21H24N2O7S/c1-2-29-21(24)15-22(31(27,28)20-13-9-17(10-14-20)23(25)26)16-7-11-19(12-8-16)30-18-5-3-4-6-18/h7-14,18H,2-6,15H2,1H3. The lowest BCUT2D eigenvalue weighted by Gasteiger charge is -2.24. The van der Waals surface area contributed by atoms with Gasteiger partial charge in [0.15, 0.2) is 0 Å². The van der Waals surface area contributed by atoms with E-state index in [9.17, 15) is 23.3 Å². The molecule has 2 aromatic carbocycles. The molecule has 1 aliphatic carbocycles. The van der Waals surface area contributed by atoms with Gasteiger partial charge in [0, 0.05) is 12.1 Å². The number of rotatable bonds is 9. The molecule has 10 heteroatoms. The van der Waals surface area contributed by atoms with Crippen molar-refractivity contribution in [2.24, 2.45) is 0 Å². The number of hydrogen-bond acceptors (Lipinski definition) is 7. The SMILES string of the molecule is CCOC(=O)CN(c1ccc(OC2CCCC2)cc1)S(=O)(=O)c1ccc([N+](=O)[O-])cc1. The van der Waals surface area contributed by atoms with Gasteiger partial charge >= 0.3 is 5.97 Å². The highest BCUT2D eigenvalue weighted by atomic mass is 32.2. The number of carbonyl (C=O) groups is 1. The van der Waals surface area contributed by atoms with Crippen molar-refractivity contribution in [3.63, 3.8) is 0 Å². The number of sulfonamides is 1. The zero-order chi connectivity index (χ0) is 22.4. The summed E-state index contributed by atoms with van der Waals surface area (Å²) in [5, 5.41) is 10.9. The van der Waals surface area contributed by atoms with E-state index in [-0.39, 0.29) is 29.0 Å². The van der Waals surface area contributed by atoms with Crippen molar-refractivity contribution in [2.45, 2.75) is 43.6 Å². The number of nitro benzene ring substituents is 1. The van der Waals surface area contributed by atoms with Gasteiger partial charge in [-0.15, -0.1) is 0 Å². The molecule has 0 saturated heterocycles. The lowest BCUT2D eigenvalue weighted by Crippen LogP contribution is -2.36. The van der Waals surface area contributed by atoms with Crippen LogP contribution in [0.1, 0.15) is 32.6 Å². The first-order chi connectivity index (χ1) is 14.8. The number of esters is 1. The van der Waals surface area contributed by atoms with Crippen LogP contribution in [0, 0.1) is 10.1 Å². The van der Waals surface area contributed by atoms with Crippen LogP contribution >= 0.6 is 0 Å². The van der Waals surface area contributed by atoms with Gasteiger partial charge in [-0.05, 0) is 69.0 Å². The summed E-state index contributed by atoms with van der Waals surface area (Å²) in [5.74, 6) is -0.0845. The number of hydrogen-bond donors (Lipinski definition) is 0. The van der Waals surface area contributed by atoms with Gasteiger partial charge in [0.25, 0.3) is 15.7 Å². The molecule has 1 fully saturated rings. The van der Waals surface area contributed by atoms with E-state index in [1.54, 1.807) is 31.2 Å². The predicted octanol–water partition coefficient (Wildman–Crippen LogP) is 3.67. The maximum atomic E-state index is 13.2. The smallest absolute Gasteiger partial charge is 0.326 e. The highest BCUT2D eigenvalue weighted by Gasteiger charge is 2.28. The summed E-state index contributed by atoms with van der Waals surface area (Å²) in [4.78, 5) is 22.2. The number of anilines is 1. The minimum atomic E-state index is -4.18. The topological polar surface area (TPSA) is 116 Å². The van der Waals surface area contributed by atoms with Crippen molar-refractivity contribution >= 4 is 27.4 Å². The van der Waals surface area contributed by atoms with E-state index in [4.69, 9.17) is 9.47 Å². The Morgan fingerprint density at radius 3 is 2.26 bits per heavy atom. The van der Waals surface area contributed by atoms with E-state index in [0.717, 1.165) is 54.3 Å². The van der Waals surface area contributed by atoms with Gasteiger partial charge < -0.3 is 9.47 Å². The van der Waals surface area contributed by atoms with Gasteiger partial charge in [0.1, 0.15) is 12.3 Å². The summed E-state index contributed by atoms with van der Waals surface area (Å²) in [5.41, 5.74) is 0.0227. The normalized spacial score (nSPS) is 14.2. The molecular weight excluding hydrogens is 424 g/mol. The van der Waals surface area contributed by atoms with E-state index < -0.39 is 27.5 Å². The number of nitro groups is 1. The molecule has 0 amide bonds. The fourth-order valence-corrected chi connectivity index (χ4v) is 4.80. The second kappa shape index (κ2) is 9.78. The summed E-state index contributed by atoms with van der Waals surface area (Å²) < 4.78 is 38.2. The average molecular weight is 448 g/mol. The van der Waals surface area contributed by atoms with Crippen LogP contribution in [0.25, 0.3) is 0 Å².